The maximum atomic E-state index is 13.7. The third kappa shape index (κ3) is 2.49. The van der Waals surface area contributed by atoms with Crippen molar-refractivity contribution in [3.63, 3.8) is 0 Å². The maximum absolute atomic E-state index is 13.7. The van der Waals surface area contributed by atoms with Crippen LogP contribution in [0.2, 0.25) is 0 Å². The zero-order valence-corrected chi connectivity index (χ0v) is 9.33. The van der Waals surface area contributed by atoms with Crippen LogP contribution in [-0.2, 0) is 0 Å². The van der Waals surface area contributed by atoms with Crippen LogP contribution >= 0.6 is 0 Å². The Balaban J connectivity index is 3.08. The molecule has 1 rings (SSSR count). The number of aliphatic hydroxyl groups excluding tert-OH is 1. The third-order valence-corrected chi connectivity index (χ3v) is 2.29. The first-order valence-electron chi connectivity index (χ1n) is 4.89. The standard InChI is InChI=1S/C11H15FN2O2/c1-7-5-8(13)6-9(10(7)12)11(16)14(2)3-4-15/h5-6,15H,3-4,13H2,1-2H3. The van der Waals surface area contributed by atoms with Gasteiger partial charge in [-0.25, -0.2) is 4.39 Å². The SMILES string of the molecule is Cc1cc(N)cc(C(=O)N(C)CCO)c1F. The zero-order valence-electron chi connectivity index (χ0n) is 9.33. The lowest BCUT2D eigenvalue weighted by Crippen LogP contribution is -2.30. The summed E-state index contributed by atoms with van der Waals surface area (Å²) in [6.45, 7) is 1.55. The molecule has 88 valence electrons. The molecule has 1 aromatic carbocycles. The van der Waals surface area contributed by atoms with Gasteiger partial charge in [-0.15, -0.1) is 0 Å². The molecule has 3 N–H and O–H groups in total. The summed E-state index contributed by atoms with van der Waals surface area (Å²) in [7, 11) is 1.50. The van der Waals surface area contributed by atoms with E-state index in [-0.39, 0.29) is 18.7 Å². The Morgan fingerprint density at radius 1 is 1.56 bits per heavy atom. The summed E-state index contributed by atoms with van der Waals surface area (Å²) < 4.78 is 13.7. The molecular formula is C11H15FN2O2. The molecule has 0 saturated heterocycles. The summed E-state index contributed by atoms with van der Waals surface area (Å²) in [5.41, 5.74) is 6.17. The molecule has 0 saturated carbocycles. The van der Waals surface area contributed by atoms with Gasteiger partial charge in [0.05, 0.1) is 12.2 Å². The second kappa shape index (κ2) is 4.94. The molecule has 0 bridgehead atoms. The van der Waals surface area contributed by atoms with Crippen LogP contribution in [0.3, 0.4) is 0 Å². The first-order valence-corrected chi connectivity index (χ1v) is 4.89. The molecule has 0 aliphatic carbocycles. The first kappa shape index (κ1) is 12.4. The average Bonchev–Trinajstić information content (AvgIpc) is 2.22. The van der Waals surface area contributed by atoms with Crippen molar-refractivity contribution in [3.05, 3.63) is 29.1 Å². The molecular weight excluding hydrogens is 211 g/mol. The number of nitrogens with two attached hydrogens (primary N) is 1. The molecule has 1 aromatic rings. The van der Waals surface area contributed by atoms with E-state index in [1.807, 2.05) is 0 Å². The number of likely N-dealkylation sites (N-methyl/N-ethyl adjacent to an activating group) is 1. The lowest BCUT2D eigenvalue weighted by atomic mass is 10.1. The normalized spacial score (nSPS) is 10.2. The number of carbonyl (C=O) groups excluding carboxylic acids is 1. The fourth-order valence-corrected chi connectivity index (χ4v) is 1.41. The number of hydrogen-bond donors (Lipinski definition) is 2. The third-order valence-electron chi connectivity index (χ3n) is 2.29. The van der Waals surface area contributed by atoms with E-state index in [4.69, 9.17) is 10.8 Å². The number of nitrogens with zero attached hydrogens (tertiary/aromatic N) is 1. The summed E-state index contributed by atoms with van der Waals surface area (Å²) in [5, 5.41) is 8.70. The van der Waals surface area contributed by atoms with Crippen molar-refractivity contribution in [1.29, 1.82) is 0 Å². The fraction of sp³-hybridized carbons (Fsp3) is 0.364. The van der Waals surface area contributed by atoms with Gasteiger partial charge in [0.25, 0.3) is 5.91 Å². The minimum atomic E-state index is -0.566. The van der Waals surface area contributed by atoms with Gasteiger partial charge in [-0.3, -0.25) is 4.79 Å². The molecule has 0 aliphatic rings. The van der Waals surface area contributed by atoms with Gasteiger partial charge < -0.3 is 15.7 Å². The summed E-state index contributed by atoms with van der Waals surface area (Å²) in [6.07, 6.45) is 0. The van der Waals surface area contributed by atoms with Gasteiger partial charge in [0.1, 0.15) is 5.82 Å². The molecule has 0 heterocycles. The quantitative estimate of drug-likeness (QED) is 0.748. The van der Waals surface area contributed by atoms with Crippen molar-refractivity contribution in [2.45, 2.75) is 6.92 Å². The van der Waals surface area contributed by atoms with E-state index < -0.39 is 11.7 Å². The van der Waals surface area contributed by atoms with Crippen LogP contribution < -0.4 is 5.73 Å². The van der Waals surface area contributed by atoms with Gasteiger partial charge >= 0.3 is 0 Å². The molecule has 0 radical (unpaired) electrons. The number of rotatable bonds is 3. The predicted molar refractivity (Wildman–Crippen MR) is 59.6 cm³/mol. The number of aliphatic hydroxyl groups is 1. The van der Waals surface area contributed by atoms with E-state index >= 15 is 0 Å². The minimum Gasteiger partial charge on any atom is -0.399 e. The van der Waals surface area contributed by atoms with Crippen LogP contribution in [0.1, 0.15) is 15.9 Å². The number of hydrogen-bond acceptors (Lipinski definition) is 3. The molecule has 4 nitrogen and oxygen atoms in total. The van der Waals surface area contributed by atoms with Gasteiger partial charge in [0, 0.05) is 19.3 Å². The molecule has 5 heteroatoms. The van der Waals surface area contributed by atoms with Crippen LogP contribution in [0.4, 0.5) is 10.1 Å². The van der Waals surface area contributed by atoms with Crippen molar-refractivity contribution in [3.8, 4) is 0 Å². The Labute approximate surface area is 93.5 Å². The molecule has 16 heavy (non-hydrogen) atoms. The number of aryl methyl sites for hydroxylation is 1. The summed E-state index contributed by atoms with van der Waals surface area (Å²) in [4.78, 5) is 13.0. The molecule has 0 spiro atoms. The highest BCUT2D eigenvalue weighted by atomic mass is 19.1. The van der Waals surface area contributed by atoms with E-state index in [0.717, 1.165) is 0 Å². The van der Waals surface area contributed by atoms with Crippen LogP contribution in [-0.4, -0.2) is 36.1 Å². The number of amides is 1. The monoisotopic (exact) mass is 226 g/mol. The largest absolute Gasteiger partial charge is 0.399 e. The second-order valence-corrected chi connectivity index (χ2v) is 3.65. The number of halogens is 1. The Morgan fingerprint density at radius 3 is 2.75 bits per heavy atom. The van der Waals surface area contributed by atoms with Crippen LogP contribution in [0.25, 0.3) is 0 Å². The van der Waals surface area contributed by atoms with Crippen molar-refractivity contribution in [2.75, 3.05) is 25.9 Å². The predicted octanol–water partition coefficient (Wildman–Crippen LogP) is 0.781. The van der Waals surface area contributed by atoms with Crippen molar-refractivity contribution >= 4 is 11.6 Å². The maximum Gasteiger partial charge on any atom is 0.256 e. The number of benzene rings is 1. The molecule has 1 amide bonds. The Kier molecular flexibility index (Phi) is 3.84. The topological polar surface area (TPSA) is 66.6 Å². The molecule has 0 atom stereocenters. The highest BCUT2D eigenvalue weighted by Crippen LogP contribution is 2.18. The lowest BCUT2D eigenvalue weighted by Gasteiger charge is -2.16. The van der Waals surface area contributed by atoms with Gasteiger partial charge in [0.15, 0.2) is 0 Å². The second-order valence-electron chi connectivity index (χ2n) is 3.65. The first-order chi connectivity index (χ1) is 7.47. The molecule has 0 unspecified atom stereocenters. The molecule has 0 aliphatic heterocycles. The Hall–Kier alpha value is -1.62. The van der Waals surface area contributed by atoms with Crippen molar-refractivity contribution in [2.24, 2.45) is 0 Å². The van der Waals surface area contributed by atoms with Crippen LogP contribution in [0, 0.1) is 12.7 Å². The minimum absolute atomic E-state index is 0.0616. The van der Waals surface area contributed by atoms with E-state index in [9.17, 15) is 9.18 Å². The fourth-order valence-electron chi connectivity index (χ4n) is 1.41. The Morgan fingerprint density at radius 2 is 2.19 bits per heavy atom. The van der Waals surface area contributed by atoms with Crippen LogP contribution in [0.15, 0.2) is 12.1 Å². The summed E-state index contributed by atoms with van der Waals surface area (Å²) in [5.74, 6) is -1.05. The smallest absolute Gasteiger partial charge is 0.256 e. The highest BCUT2D eigenvalue weighted by molar-refractivity contribution is 5.95. The molecule has 0 fully saturated rings. The van der Waals surface area contributed by atoms with E-state index in [2.05, 4.69) is 0 Å². The number of anilines is 1. The van der Waals surface area contributed by atoms with E-state index in [1.54, 1.807) is 6.92 Å². The lowest BCUT2D eigenvalue weighted by molar-refractivity contribution is 0.0762. The van der Waals surface area contributed by atoms with Gasteiger partial charge in [0.2, 0.25) is 0 Å². The highest BCUT2D eigenvalue weighted by Gasteiger charge is 2.17. The van der Waals surface area contributed by atoms with Crippen molar-refractivity contribution < 1.29 is 14.3 Å². The Bertz CT molecular complexity index is 407. The van der Waals surface area contributed by atoms with Crippen molar-refractivity contribution in [1.82, 2.24) is 4.90 Å². The zero-order chi connectivity index (χ0) is 12.3. The summed E-state index contributed by atoms with van der Waals surface area (Å²) in [6, 6.07) is 2.77. The van der Waals surface area contributed by atoms with Crippen LogP contribution in [0.5, 0.6) is 0 Å². The van der Waals surface area contributed by atoms with Gasteiger partial charge in [-0.1, -0.05) is 0 Å². The summed E-state index contributed by atoms with van der Waals surface area (Å²) >= 11 is 0. The average molecular weight is 226 g/mol. The molecule has 0 aromatic heterocycles. The number of nitrogen functional groups attached to an aromatic ring is 1. The van der Waals surface area contributed by atoms with E-state index in [0.29, 0.717) is 11.3 Å². The number of carbonyl (C=O) groups is 1. The van der Waals surface area contributed by atoms with E-state index in [1.165, 1.54) is 24.1 Å². The van der Waals surface area contributed by atoms with Gasteiger partial charge in [-0.05, 0) is 24.6 Å². The van der Waals surface area contributed by atoms with Gasteiger partial charge in [-0.2, -0.15) is 0 Å².